The lowest BCUT2D eigenvalue weighted by Gasteiger charge is -2.13. The number of amides is 3. The van der Waals surface area contributed by atoms with Crippen LogP contribution in [0.1, 0.15) is 22.8 Å². The molecule has 0 atom stereocenters. The number of benzene rings is 1. The van der Waals surface area contributed by atoms with Gasteiger partial charge in [-0.1, -0.05) is 6.07 Å². The maximum atomic E-state index is 12.6. The second-order valence-electron chi connectivity index (χ2n) is 6.17. The van der Waals surface area contributed by atoms with Crippen LogP contribution in [0.25, 0.3) is 6.08 Å². The molecule has 1 aromatic carbocycles. The molecule has 1 saturated heterocycles. The summed E-state index contributed by atoms with van der Waals surface area (Å²) in [4.78, 5) is 42.2. The van der Waals surface area contributed by atoms with Gasteiger partial charge in [0.15, 0.2) is 11.5 Å². The summed E-state index contributed by atoms with van der Waals surface area (Å²) in [6.45, 7) is 2.63. The van der Waals surface area contributed by atoms with E-state index in [2.05, 4.69) is 10.3 Å². The van der Waals surface area contributed by atoms with Gasteiger partial charge in [0, 0.05) is 31.0 Å². The van der Waals surface area contributed by atoms with Crippen LogP contribution in [0.2, 0.25) is 0 Å². The third-order valence-corrected chi connectivity index (χ3v) is 5.13. The van der Waals surface area contributed by atoms with Crippen LogP contribution in [0, 0.1) is 0 Å². The number of carbonyl (C=O) groups excluding carboxylic acids is 3. The molecule has 1 aliphatic rings. The molecule has 2 aromatic rings. The minimum Gasteiger partial charge on any atom is -0.493 e. The first-order valence-electron chi connectivity index (χ1n) is 9.28. The summed E-state index contributed by atoms with van der Waals surface area (Å²) < 4.78 is 10.8. The normalized spacial score (nSPS) is 14.9. The summed E-state index contributed by atoms with van der Waals surface area (Å²) in [5, 5.41) is 2.32. The van der Waals surface area contributed by atoms with E-state index in [0.29, 0.717) is 34.1 Å². The maximum Gasteiger partial charge on any atom is 0.293 e. The van der Waals surface area contributed by atoms with Crippen LogP contribution in [0.5, 0.6) is 11.5 Å². The van der Waals surface area contributed by atoms with Gasteiger partial charge >= 0.3 is 0 Å². The van der Waals surface area contributed by atoms with Gasteiger partial charge in [-0.15, -0.1) is 0 Å². The van der Waals surface area contributed by atoms with E-state index >= 15 is 0 Å². The molecular weight excluding hydrogens is 406 g/mol. The van der Waals surface area contributed by atoms with Crippen molar-refractivity contribution in [3.63, 3.8) is 0 Å². The summed E-state index contributed by atoms with van der Waals surface area (Å²) >= 11 is 0.865. The number of pyridine rings is 1. The van der Waals surface area contributed by atoms with Crippen molar-refractivity contribution in [3.05, 3.63) is 58.8 Å². The van der Waals surface area contributed by atoms with Crippen LogP contribution in [0.15, 0.2) is 47.6 Å². The van der Waals surface area contributed by atoms with E-state index in [0.717, 1.165) is 16.7 Å². The topological polar surface area (TPSA) is 97.8 Å². The van der Waals surface area contributed by atoms with Gasteiger partial charge in [-0.2, -0.15) is 0 Å². The van der Waals surface area contributed by atoms with Crippen molar-refractivity contribution in [2.45, 2.75) is 6.92 Å². The predicted molar refractivity (Wildman–Crippen MR) is 113 cm³/mol. The van der Waals surface area contributed by atoms with E-state index in [1.54, 1.807) is 36.4 Å². The fourth-order valence-corrected chi connectivity index (χ4v) is 3.64. The van der Waals surface area contributed by atoms with Crippen LogP contribution in [-0.4, -0.2) is 53.7 Å². The summed E-state index contributed by atoms with van der Waals surface area (Å²) in [7, 11) is 1.54. The molecule has 0 spiro atoms. The molecule has 3 rings (SSSR count). The second-order valence-corrected chi connectivity index (χ2v) is 7.16. The van der Waals surface area contributed by atoms with Crippen molar-refractivity contribution >= 4 is 34.9 Å². The summed E-state index contributed by atoms with van der Waals surface area (Å²) in [5.74, 6) is 0.469. The van der Waals surface area contributed by atoms with Crippen molar-refractivity contribution in [2.24, 2.45) is 0 Å². The lowest BCUT2D eigenvalue weighted by atomic mass is 10.2. The van der Waals surface area contributed by atoms with Gasteiger partial charge < -0.3 is 14.8 Å². The fourth-order valence-electron chi connectivity index (χ4n) is 2.78. The molecule has 1 N–H and O–H groups in total. The highest BCUT2D eigenvalue weighted by Gasteiger charge is 2.34. The van der Waals surface area contributed by atoms with E-state index < -0.39 is 5.91 Å². The zero-order valence-electron chi connectivity index (χ0n) is 16.6. The molecule has 0 radical (unpaired) electrons. The van der Waals surface area contributed by atoms with Crippen molar-refractivity contribution in [2.75, 3.05) is 26.8 Å². The lowest BCUT2D eigenvalue weighted by molar-refractivity contribution is -0.122. The Bertz CT molecular complexity index is 978. The number of aromatic nitrogens is 1. The number of carbonyl (C=O) groups is 3. The van der Waals surface area contributed by atoms with Crippen molar-refractivity contribution in [1.82, 2.24) is 15.2 Å². The number of hydrogen-bond acceptors (Lipinski definition) is 7. The molecule has 1 aromatic heterocycles. The Balaban J connectivity index is 1.63. The molecule has 2 heterocycles. The molecule has 156 valence electrons. The molecule has 0 aliphatic carbocycles. The van der Waals surface area contributed by atoms with E-state index in [-0.39, 0.29) is 24.2 Å². The largest absolute Gasteiger partial charge is 0.493 e. The van der Waals surface area contributed by atoms with Gasteiger partial charge in [0.1, 0.15) is 0 Å². The Labute approximate surface area is 178 Å². The molecule has 3 amide bonds. The maximum absolute atomic E-state index is 12.6. The monoisotopic (exact) mass is 427 g/mol. The summed E-state index contributed by atoms with van der Waals surface area (Å²) in [5.41, 5.74) is 1.18. The van der Waals surface area contributed by atoms with Gasteiger partial charge in [0.25, 0.3) is 17.1 Å². The van der Waals surface area contributed by atoms with E-state index in [1.165, 1.54) is 19.5 Å². The summed E-state index contributed by atoms with van der Waals surface area (Å²) in [6.07, 6.45) is 4.68. The molecule has 1 aliphatic heterocycles. The van der Waals surface area contributed by atoms with E-state index in [1.807, 2.05) is 6.92 Å². The molecule has 0 saturated carbocycles. The number of rotatable bonds is 8. The summed E-state index contributed by atoms with van der Waals surface area (Å²) in [6, 6.07) is 8.46. The lowest BCUT2D eigenvalue weighted by Crippen LogP contribution is -2.37. The zero-order valence-corrected chi connectivity index (χ0v) is 17.4. The number of hydrogen-bond donors (Lipinski definition) is 1. The van der Waals surface area contributed by atoms with Crippen LogP contribution >= 0.6 is 11.8 Å². The first-order valence-corrected chi connectivity index (χ1v) is 10.1. The first kappa shape index (κ1) is 21.4. The Morgan fingerprint density at radius 3 is 2.67 bits per heavy atom. The Kier molecular flexibility index (Phi) is 7.08. The van der Waals surface area contributed by atoms with Gasteiger partial charge in [-0.05, 0) is 54.6 Å². The SMILES string of the molecule is CCOc1ccc(/C=C2/SC(=O)N(CCNC(=O)c3ccncc3)C2=O)cc1OC. The van der Waals surface area contributed by atoms with E-state index in [4.69, 9.17) is 9.47 Å². The quantitative estimate of drug-likeness (QED) is 0.647. The third kappa shape index (κ3) is 4.98. The molecule has 0 bridgehead atoms. The minimum absolute atomic E-state index is 0.0887. The molecule has 9 heteroatoms. The number of nitrogens with one attached hydrogen (secondary N) is 1. The van der Waals surface area contributed by atoms with Crippen LogP contribution in [0.3, 0.4) is 0 Å². The molecule has 8 nitrogen and oxygen atoms in total. The number of imide groups is 1. The van der Waals surface area contributed by atoms with Crippen molar-refractivity contribution in [1.29, 1.82) is 0 Å². The van der Waals surface area contributed by atoms with E-state index in [9.17, 15) is 14.4 Å². The van der Waals surface area contributed by atoms with Crippen molar-refractivity contribution in [3.8, 4) is 11.5 Å². The van der Waals surface area contributed by atoms with Gasteiger partial charge in [0.2, 0.25) is 0 Å². The molecule has 0 unspecified atom stereocenters. The fraction of sp³-hybridized carbons (Fsp3) is 0.238. The average Bonchev–Trinajstić information content (AvgIpc) is 3.02. The number of nitrogens with zero attached hydrogens (tertiary/aromatic N) is 2. The standard InChI is InChI=1S/C21H21N3O5S/c1-3-29-16-5-4-14(12-17(16)28-2)13-18-20(26)24(21(27)30-18)11-10-23-19(25)15-6-8-22-9-7-15/h4-9,12-13H,3,10-11H2,1-2H3,(H,23,25)/b18-13+. The smallest absolute Gasteiger partial charge is 0.293 e. The predicted octanol–water partition coefficient (Wildman–Crippen LogP) is 2.96. The highest BCUT2D eigenvalue weighted by molar-refractivity contribution is 8.18. The molecule has 30 heavy (non-hydrogen) atoms. The number of ether oxygens (including phenoxy) is 2. The van der Waals surface area contributed by atoms with Crippen LogP contribution in [0.4, 0.5) is 4.79 Å². The molecular formula is C21H21N3O5S. The Morgan fingerprint density at radius 1 is 1.20 bits per heavy atom. The van der Waals surface area contributed by atoms with Gasteiger partial charge in [-0.25, -0.2) is 0 Å². The zero-order chi connectivity index (χ0) is 21.5. The Hall–Kier alpha value is -3.33. The number of methoxy groups -OCH3 is 1. The van der Waals surface area contributed by atoms with Gasteiger partial charge in [-0.3, -0.25) is 24.3 Å². The van der Waals surface area contributed by atoms with Crippen molar-refractivity contribution < 1.29 is 23.9 Å². The molecule has 1 fully saturated rings. The van der Waals surface area contributed by atoms with Crippen LogP contribution < -0.4 is 14.8 Å². The average molecular weight is 427 g/mol. The second kappa shape index (κ2) is 9.93. The Morgan fingerprint density at radius 2 is 1.97 bits per heavy atom. The first-order chi connectivity index (χ1) is 14.5. The minimum atomic E-state index is -0.393. The highest BCUT2D eigenvalue weighted by Crippen LogP contribution is 2.34. The van der Waals surface area contributed by atoms with Gasteiger partial charge in [0.05, 0.1) is 18.6 Å². The van der Waals surface area contributed by atoms with Crippen LogP contribution in [-0.2, 0) is 4.79 Å². The highest BCUT2D eigenvalue weighted by atomic mass is 32.2. The third-order valence-electron chi connectivity index (χ3n) is 4.22. The number of thioether (sulfide) groups is 1.